The molecule has 1 aliphatic rings. The van der Waals surface area contributed by atoms with Gasteiger partial charge in [0.15, 0.2) is 11.5 Å². The number of imide groups is 1. The summed E-state index contributed by atoms with van der Waals surface area (Å²) >= 11 is 3.46. The molecule has 6 nitrogen and oxygen atoms in total. The minimum absolute atomic E-state index is 0.0416. The van der Waals surface area contributed by atoms with E-state index in [-0.39, 0.29) is 24.2 Å². The van der Waals surface area contributed by atoms with Crippen molar-refractivity contribution in [3.05, 3.63) is 63.5 Å². The van der Waals surface area contributed by atoms with E-state index >= 15 is 0 Å². The third kappa shape index (κ3) is 4.76. The van der Waals surface area contributed by atoms with Crippen LogP contribution >= 0.6 is 15.9 Å². The first kappa shape index (κ1) is 20.9. The molecule has 0 atom stereocenters. The zero-order valence-corrected chi connectivity index (χ0v) is 17.7. The van der Waals surface area contributed by atoms with Crippen LogP contribution in [-0.2, 0) is 11.3 Å². The minimum atomic E-state index is -0.531. The second kappa shape index (κ2) is 8.65. The molecule has 0 aliphatic carbocycles. The third-order valence-corrected chi connectivity index (χ3v) is 4.72. The van der Waals surface area contributed by atoms with Crippen LogP contribution in [0.4, 0.5) is 9.18 Å². The number of hydrogen-bond donors (Lipinski definition) is 1. The van der Waals surface area contributed by atoms with Gasteiger partial charge in [0.25, 0.3) is 5.91 Å². The van der Waals surface area contributed by atoms with E-state index in [0.717, 1.165) is 4.90 Å². The first-order valence-corrected chi connectivity index (χ1v) is 9.71. The van der Waals surface area contributed by atoms with E-state index < -0.39 is 11.9 Å². The van der Waals surface area contributed by atoms with Crippen LogP contribution in [-0.4, -0.2) is 30.1 Å². The van der Waals surface area contributed by atoms with Gasteiger partial charge >= 0.3 is 6.03 Å². The van der Waals surface area contributed by atoms with Gasteiger partial charge in [-0.05, 0) is 71.2 Å². The Hall–Kier alpha value is -2.87. The van der Waals surface area contributed by atoms with E-state index in [1.165, 1.54) is 31.4 Å². The molecule has 1 saturated heterocycles. The Kier molecular flexibility index (Phi) is 6.22. The molecule has 3 rings (SSSR count). The smallest absolute Gasteiger partial charge is 0.329 e. The van der Waals surface area contributed by atoms with E-state index in [2.05, 4.69) is 21.2 Å². The Balaban J connectivity index is 1.85. The number of urea groups is 1. The zero-order chi connectivity index (χ0) is 21.1. The minimum Gasteiger partial charge on any atom is -0.493 e. The summed E-state index contributed by atoms with van der Waals surface area (Å²) in [4.78, 5) is 26.0. The SMILES string of the molecule is COc1cc(/C=C2/NC(=O)N(Cc3ccc(F)cc3)C2=O)cc(Br)c1OC(C)C. The van der Waals surface area contributed by atoms with E-state index in [1.807, 2.05) is 13.8 Å². The third-order valence-electron chi connectivity index (χ3n) is 4.13. The molecule has 0 aromatic heterocycles. The zero-order valence-electron chi connectivity index (χ0n) is 16.2. The van der Waals surface area contributed by atoms with Crippen LogP contribution in [0.5, 0.6) is 11.5 Å². The second-order valence-electron chi connectivity index (χ2n) is 6.71. The van der Waals surface area contributed by atoms with Crippen LogP contribution in [0.15, 0.2) is 46.6 Å². The molecule has 0 unspecified atom stereocenters. The van der Waals surface area contributed by atoms with E-state index in [4.69, 9.17) is 9.47 Å². The summed E-state index contributed by atoms with van der Waals surface area (Å²) in [5.41, 5.74) is 1.44. The summed E-state index contributed by atoms with van der Waals surface area (Å²) in [6.07, 6.45) is 1.53. The van der Waals surface area contributed by atoms with E-state index in [0.29, 0.717) is 27.1 Å². The van der Waals surface area contributed by atoms with E-state index in [1.54, 1.807) is 18.2 Å². The number of hydrogen-bond acceptors (Lipinski definition) is 4. The van der Waals surface area contributed by atoms with Crippen LogP contribution in [0.2, 0.25) is 0 Å². The van der Waals surface area contributed by atoms with Crippen LogP contribution < -0.4 is 14.8 Å². The first-order valence-electron chi connectivity index (χ1n) is 8.91. The molecule has 1 heterocycles. The van der Waals surface area contributed by atoms with Crippen molar-refractivity contribution in [2.45, 2.75) is 26.5 Å². The molecule has 8 heteroatoms. The molecule has 1 aliphatic heterocycles. The van der Waals surface area contributed by atoms with Gasteiger partial charge in [-0.3, -0.25) is 9.69 Å². The molecule has 3 amide bonds. The number of ether oxygens (including phenoxy) is 2. The van der Waals surface area contributed by atoms with Crippen molar-refractivity contribution in [3.63, 3.8) is 0 Å². The van der Waals surface area contributed by atoms with Gasteiger partial charge in [0, 0.05) is 0 Å². The van der Waals surface area contributed by atoms with Crippen molar-refractivity contribution in [1.82, 2.24) is 10.2 Å². The fourth-order valence-electron chi connectivity index (χ4n) is 2.83. The topological polar surface area (TPSA) is 67.9 Å². The number of carbonyl (C=O) groups excluding carboxylic acids is 2. The highest BCUT2D eigenvalue weighted by atomic mass is 79.9. The molecule has 0 saturated carbocycles. The molecule has 1 fully saturated rings. The van der Waals surface area contributed by atoms with Gasteiger partial charge in [-0.15, -0.1) is 0 Å². The highest BCUT2D eigenvalue weighted by Gasteiger charge is 2.33. The molecule has 2 aromatic rings. The monoisotopic (exact) mass is 462 g/mol. The maximum Gasteiger partial charge on any atom is 0.329 e. The number of methoxy groups -OCH3 is 1. The first-order chi connectivity index (χ1) is 13.8. The largest absolute Gasteiger partial charge is 0.493 e. The van der Waals surface area contributed by atoms with Gasteiger partial charge in [-0.2, -0.15) is 0 Å². The lowest BCUT2D eigenvalue weighted by molar-refractivity contribution is -0.123. The van der Waals surface area contributed by atoms with Gasteiger partial charge in [-0.1, -0.05) is 12.1 Å². The van der Waals surface area contributed by atoms with E-state index in [9.17, 15) is 14.0 Å². The predicted octanol–water partition coefficient (Wildman–Crippen LogP) is 4.48. The summed E-state index contributed by atoms with van der Waals surface area (Å²) < 4.78 is 24.9. The highest BCUT2D eigenvalue weighted by molar-refractivity contribution is 9.10. The normalized spacial score (nSPS) is 15.2. The van der Waals surface area contributed by atoms with Crippen molar-refractivity contribution in [3.8, 4) is 11.5 Å². The van der Waals surface area contributed by atoms with Crippen molar-refractivity contribution in [2.75, 3.05) is 7.11 Å². The average molecular weight is 463 g/mol. The number of carbonyl (C=O) groups is 2. The fourth-order valence-corrected chi connectivity index (χ4v) is 3.38. The Labute approximate surface area is 176 Å². The maximum absolute atomic E-state index is 13.1. The summed E-state index contributed by atoms with van der Waals surface area (Å²) in [6, 6.07) is 8.60. The number of rotatable bonds is 6. The number of nitrogens with one attached hydrogen (secondary N) is 1. The number of halogens is 2. The molecule has 2 aromatic carbocycles. The molecule has 0 bridgehead atoms. The number of benzene rings is 2. The van der Waals surface area contributed by atoms with Crippen LogP contribution in [0, 0.1) is 5.82 Å². The van der Waals surface area contributed by atoms with Crippen molar-refractivity contribution in [2.24, 2.45) is 0 Å². The molecule has 0 radical (unpaired) electrons. The standard InChI is InChI=1S/C21H20BrFN2O4/c1-12(2)29-19-16(22)8-14(10-18(19)28-3)9-17-20(26)25(21(27)24-17)11-13-4-6-15(23)7-5-13/h4-10,12H,11H2,1-3H3,(H,24,27)/b17-9+. The van der Waals surface area contributed by atoms with Crippen LogP contribution in [0.1, 0.15) is 25.0 Å². The predicted molar refractivity (Wildman–Crippen MR) is 110 cm³/mol. The van der Waals surface area contributed by atoms with Gasteiger partial charge in [0.05, 0.1) is 24.2 Å². The van der Waals surface area contributed by atoms with Crippen molar-refractivity contribution < 1.29 is 23.5 Å². The molecule has 152 valence electrons. The van der Waals surface area contributed by atoms with Gasteiger partial charge in [0.2, 0.25) is 0 Å². The lowest BCUT2D eigenvalue weighted by atomic mass is 10.1. The molecular formula is C21H20BrFN2O4. The number of nitrogens with zero attached hydrogens (tertiary/aromatic N) is 1. The molecule has 29 heavy (non-hydrogen) atoms. The Morgan fingerprint density at radius 2 is 1.90 bits per heavy atom. The second-order valence-corrected chi connectivity index (χ2v) is 7.56. The summed E-state index contributed by atoms with van der Waals surface area (Å²) in [7, 11) is 1.53. The Morgan fingerprint density at radius 3 is 2.52 bits per heavy atom. The lowest BCUT2D eigenvalue weighted by Gasteiger charge is -2.16. The fraction of sp³-hybridized carbons (Fsp3) is 0.238. The maximum atomic E-state index is 13.1. The molecular weight excluding hydrogens is 443 g/mol. The summed E-state index contributed by atoms with van der Waals surface area (Å²) in [5.74, 6) is 0.220. The van der Waals surface area contributed by atoms with Crippen molar-refractivity contribution in [1.29, 1.82) is 0 Å². The highest BCUT2D eigenvalue weighted by Crippen LogP contribution is 2.38. The van der Waals surface area contributed by atoms with Crippen molar-refractivity contribution >= 4 is 33.9 Å². The van der Waals surface area contributed by atoms with Gasteiger partial charge < -0.3 is 14.8 Å². The average Bonchev–Trinajstić information content (AvgIpc) is 2.92. The lowest BCUT2D eigenvalue weighted by Crippen LogP contribution is -2.30. The summed E-state index contributed by atoms with van der Waals surface area (Å²) in [6.45, 7) is 3.87. The van der Waals surface area contributed by atoms with Gasteiger partial charge in [0.1, 0.15) is 11.5 Å². The van der Waals surface area contributed by atoms with Gasteiger partial charge in [-0.25, -0.2) is 9.18 Å². The Bertz CT molecular complexity index is 973. The number of amides is 3. The quantitative estimate of drug-likeness (QED) is 0.507. The summed E-state index contributed by atoms with van der Waals surface area (Å²) in [5, 5.41) is 2.57. The molecule has 0 spiro atoms. The van der Waals surface area contributed by atoms with Crippen LogP contribution in [0.3, 0.4) is 0 Å². The van der Waals surface area contributed by atoms with Crippen LogP contribution in [0.25, 0.3) is 6.08 Å². The molecule has 1 N–H and O–H groups in total. The Morgan fingerprint density at radius 1 is 1.21 bits per heavy atom.